The van der Waals surface area contributed by atoms with Crippen molar-refractivity contribution in [2.45, 2.75) is 11.1 Å². The van der Waals surface area contributed by atoms with Gasteiger partial charge in [-0.1, -0.05) is 109 Å². The molecule has 2 aromatic heterocycles. The first-order chi connectivity index (χ1) is 19.7. The first-order valence-electron chi connectivity index (χ1n) is 13.3. The van der Waals surface area contributed by atoms with E-state index in [0.29, 0.717) is 0 Å². The second-order valence-corrected chi connectivity index (χ2v) is 10.0. The molecular weight excluding hydrogens is 495 g/mol. The molecule has 0 bridgehead atoms. The molecule has 0 fully saturated rings. The fourth-order valence-electron chi connectivity index (χ4n) is 5.96. The lowest BCUT2D eigenvalue weighted by Gasteiger charge is -2.46. The normalized spacial score (nSPS) is 17.0. The molecule has 6 aromatic rings. The number of pyridine rings is 1. The summed E-state index contributed by atoms with van der Waals surface area (Å²) in [4.78, 5) is 4.43. The van der Waals surface area contributed by atoms with Crippen LogP contribution in [0.25, 0.3) is 5.65 Å². The van der Waals surface area contributed by atoms with E-state index in [1.165, 1.54) is 12.1 Å². The average Bonchev–Trinajstić information content (AvgIpc) is 3.68. The molecule has 0 amide bonds. The van der Waals surface area contributed by atoms with E-state index in [1.807, 2.05) is 47.0 Å². The van der Waals surface area contributed by atoms with Gasteiger partial charge in [0, 0.05) is 24.8 Å². The Hall–Kier alpha value is -5.00. The molecule has 3 heterocycles. The van der Waals surface area contributed by atoms with Gasteiger partial charge in [0.25, 0.3) is 0 Å². The summed E-state index contributed by atoms with van der Waals surface area (Å²) in [6, 6.07) is 42.5. The van der Waals surface area contributed by atoms with Crippen molar-refractivity contribution >= 4 is 5.65 Å². The molecule has 1 N–H and O–H groups in total. The van der Waals surface area contributed by atoms with E-state index in [9.17, 15) is 4.39 Å². The van der Waals surface area contributed by atoms with E-state index in [-0.39, 0.29) is 5.82 Å². The van der Waals surface area contributed by atoms with Gasteiger partial charge in [0.2, 0.25) is 0 Å². The van der Waals surface area contributed by atoms with Gasteiger partial charge in [-0.2, -0.15) is 0 Å². The summed E-state index contributed by atoms with van der Waals surface area (Å²) in [7, 11) is 0. The molecule has 1 unspecified atom stereocenters. The molecule has 1 aliphatic rings. The number of hydrazine groups is 1. The van der Waals surface area contributed by atoms with Gasteiger partial charge in [0.15, 0.2) is 0 Å². The molecule has 1 atom stereocenters. The van der Waals surface area contributed by atoms with Gasteiger partial charge in [-0.25, -0.2) is 14.8 Å². The maximum Gasteiger partial charge on any atom is 0.136 e. The number of hydrogen-bond donors (Lipinski definition) is 1. The van der Waals surface area contributed by atoms with E-state index in [2.05, 4.69) is 113 Å². The van der Waals surface area contributed by atoms with Crippen molar-refractivity contribution in [1.29, 1.82) is 0 Å². The predicted octanol–water partition coefficient (Wildman–Crippen LogP) is 7.04. The van der Waals surface area contributed by atoms with Crippen LogP contribution in [0, 0.1) is 5.82 Å². The highest BCUT2D eigenvalue weighted by Gasteiger charge is 2.48. The van der Waals surface area contributed by atoms with Gasteiger partial charge in [-0.05, 0) is 52.1 Å². The highest BCUT2D eigenvalue weighted by Crippen LogP contribution is 2.46. The third-order valence-electron chi connectivity index (χ3n) is 7.85. The molecule has 194 valence electrons. The number of hydrogen-bond acceptors (Lipinski definition) is 3. The molecule has 1 aliphatic heterocycles. The monoisotopic (exact) mass is 522 g/mol. The van der Waals surface area contributed by atoms with E-state index in [1.54, 1.807) is 6.20 Å². The molecule has 4 nitrogen and oxygen atoms in total. The van der Waals surface area contributed by atoms with Crippen LogP contribution in [0.5, 0.6) is 0 Å². The zero-order valence-electron chi connectivity index (χ0n) is 21.7. The number of benzene rings is 4. The molecule has 5 heteroatoms. The molecule has 0 spiro atoms. The molecule has 40 heavy (non-hydrogen) atoms. The lowest BCUT2D eigenvalue weighted by molar-refractivity contribution is 0.139. The Labute approximate surface area is 232 Å². The Kier molecular flexibility index (Phi) is 5.80. The van der Waals surface area contributed by atoms with Gasteiger partial charge >= 0.3 is 0 Å². The number of imidazole rings is 1. The number of rotatable bonds is 6. The molecule has 0 saturated carbocycles. The van der Waals surface area contributed by atoms with Crippen LogP contribution in [-0.4, -0.2) is 14.4 Å². The topological polar surface area (TPSA) is 32.6 Å². The molecule has 0 radical (unpaired) electrons. The maximum atomic E-state index is 14.1. The Morgan fingerprint density at radius 3 is 1.77 bits per heavy atom. The lowest BCUT2D eigenvalue weighted by Crippen LogP contribution is -2.55. The summed E-state index contributed by atoms with van der Waals surface area (Å²) in [5, 5.41) is 2.20. The van der Waals surface area contributed by atoms with Gasteiger partial charge in [0.05, 0.1) is 0 Å². The Morgan fingerprint density at radius 2 is 1.20 bits per heavy atom. The van der Waals surface area contributed by atoms with Crippen molar-refractivity contribution in [3.05, 3.63) is 192 Å². The number of nitrogens with one attached hydrogen (secondary N) is 1. The second-order valence-electron chi connectivity index (χ2n) is 10.0. The summed E-state index contributed by atoms with van der Waals surface area (Å²) in [6.07, 6.45) is 10.1. The Balaban J connectivity index is 1.48. The minimum absolute atomic E-state index is 0.269. The fourth-order valence-corrected chi connectivity index (χ4v) is 5.96. The van der Waals surface area contributed by atoms with Crippen LogP contribution in [0.1, 0.15) is 27.8 Å². The quantitative estimate of drug-likeness (QED) is 0.238. The van der Waals surface area contributed by atoms with E-state index in [4.69, 9.17) is 0 Å². The van der Waals surface area contributed by atoms with Crippen LogP contribution in [0.3, 0.4) is 0 Å². The number of nitrogens with zero attached hydrogens (tertiary/aromatic N) is 3. The SMILES string of the molecule is Fc1ccc(C2(c3ccc4nccn4c3)C=CN(C(c3ccccc3)(c3ccccc3)c3ccccc3)N2)cc1. The molecule has 0 aliphatic carbocycles. The average molecular weight is 523 g/mol. The van der Waals surface area contributed by atoms with E-state index in [0.717, 1.165) is 33.5 Å². The minimum Gasteiger partial charge on any atom is -0.307 e. The highest BCUT2D eigenvalue weighted by atomic mass is 19.1. The smallest absolute Gasteiger partial charge is 0.136 e. The number of fused-ring (bicyclic) bond motifs is 1. The molecular formula is C35H27FN4. The van der Waals surface area contributed by atoms with Crippen LogP contribution in [0.15, 0.2) is 158 Å². The van der Waals surface area contributed by atoms with Crippen molar-refractivity contribution in [2.24, 2.45) is 0 Å². The van der Waals surface area contributed by atoms with Crippen LogP contribution in [-0.2, 0) is 11.1 Å². The summed E-state index contributed by atoms with van der Waals surface area (Å²) in [6.45, 7) is 0. The van der Waals surface area contributed by atoms with Crippen molar-refractivity contribution in [3.63, 3.8) is 0 Å². The van der Waals surface area contributed by atoms with E-state index < -0.39 is 11.1 Å². The predicted molar refractivity (Wildman–Crippen MR) is 156 cm³/mol. The van der Waals surface area contributed by atoms with Crippen LogP contribution < -0.4 is 5.43 Å². The van der Waals surface area contributed by atoms with Crippen LogP contribution >= 0.6 is 0 Å². The van der Waals surface area contributed by atoms with Crippen molar-refractivity contribution in [3.8, 4) is 0 Å². The lowest BCUT2D eigenvalue weighted by atomic mass is 9.76. The van der Waals surface area contributed by atoms with Gasteiger partial charge in [-0.3, -0.25) is 5.01 Å². The zero-order valence-corrected chi connectivity index (χ0v) is 21.7. The van der Waals surface area contributed by atoms with Gasteiger partial charge in [-0.15, -0.1) is 0 Å². The van der Waals surface area contributed by atoms with Gasteiger partial charge < -0.3 is 4.40 Å². The third kappa shape index (κ3) is 3.74. The van der Waals surface area contributed by atoms with Crippen LogP contribution in [0.2, 0.25) is 0 Å². The summed E-state index contributed by atoms with van der Waals surface area (Å²) < 4.78 is 16.1. The summed E-state index contributed by atoms with van der Waals surface area (Å²) >= 11 is 0. The van der Waals surface area contributed by atoms with Crippen molar-refractivity contribution in [1.82, 2.24) is 19.8 Å². The maximum absolute atomic E-state index is 14.1. The standard InChI is InChI=1S/C35H27FN4/c36-32-19-16-27(17-20-32)34(31-18-21-33-37-23-25-39(33)26-31)22-24-40(38-34)35(28-10-4-1-5-11-28,29-12-6-2-7-13-29)30-14-8-3-9-15-30/h1-26,38H. The molecule has 0 saturated heterocycles. The summed E-state index contributed by atoms with van der Waals surface area (Å²) in [5.74, 6) is -0.269. The number of aromatic nitrogens is 2. The highest BCUT2D eigenvalue weighted by molar-refractivity contribution is 5.53. The number of halogens is 1. The first-order valence-corrected chi connectivity index (χ1v) is 13.3. The second kappa shape index (κ2) is 9.63. The van der Waals surface area contributed by atoms with Crippen LogP contribution in [0.4, 0.5) is 4.39 Å². The largest absolute Gasteiger partial charge is 0.307 e. The zero-order chi connectivity index (χ0) is 27.0. The van der Waals surface area contributed by atoms with Crippen molar-refractivity contribution < 1.29 is 4.39 Å². The molecule has 7 rings (SSSR count). The Bertz CT molecular complexity index is 1680. The van der Waals surface area contributed by atoms with Crippen molar-refractivity contribution in [2.75, 3.05) is 0 Å². The van der Waals surface area contributed by atoms with Gasteiger partial charge in [0.1, 0.15) is 22.5 Å². The fraction of sp³-hybridized carbons (Fsp3) is 0.0571. The van der Waals surface area contributed by atoms with E-state index >= 15 is 0 Å². The molecule has 4 aromatic carbocycles. The first kappa shape index (κ1) is 24.1. The summed E-state index contributed by atoms with van der Waals surface area (Å²) in [5.41, 5.74) is 8.58. The minimum atomic E-state index is -0.768. The third-order valence-corrected chi connectivity index (χ3v) is 7.85. The Morgan fingerprint density at radius 1 is 0.650 bits per heavy atom.